The SMILES string of the molecule is CC(C)OC(=O)CCCO[P+](=O)OC1[C@H]2O[C@@H](n3ccc(=O)[nH]c3=O)[C@H](O)[C@@]12C. The van der Waals surface area contributed by atoms with Gasteiger partial charge in [0.25, 0.3) is 5.56 Å². The third kappa shape index (κ3) is 4.49. The van der Waals surface area contributed by atoms with Crippen LogP contribution in [0.1, 0.15) is 39.8 Å². The first-order valence-corrected chi connectivity index (χ1v) is 10.4. The molecule has 1 saturated heterocycles. The van der Waals surface area contributed by atoms with E-state index in [9.17, 15) is 24.1 Å². The van der Waals surface area contributed by atoms with Gasteiger partial charge in [0.1, 0.15) is 18.8 Å². The van der Waals surface area contributed by atoms with E-state index in [0.29, 0.717) is 6.42 Å². The van der Waals surface area contributed by atoms with Crippen molar-refractivity contribution in [2.75, 3.05) is 6.61 Å². The molecule has 0 spiro atoms. The average molecular weight is 431 g/mol. The van der Waals surface area contributed by atoms with Crippen molar-refractivity contribution in [2.24, 2.45) is 5.41 Å². The number of aliphatic hydroxyl groups excluding tert-OH is 1. The number of hydrogen-bond donors (Lipinski definition) is 2. The summed E-state index contributed by atoms with van der Waals surface area (Å²) in [5, 5.41) is 10.6. The van der Waals surface area contributed by atoms with Crippen molar-refractivity contribution in [1.29, 1.82) is 0 Å². The molecule has 0 bridgehead atoms. The lowest BCUT2D eigenvalue weighted by Gasteiger charge is -2.22. The number of H-pyrrole nitrogens is 1. The lowest BCUT2D eigenvalue weighted by Crippen LogP contribution is -2.39. The molecule has 3 rings (SSSR count). The zero-order chi connectivity index (χ0) is 21.3. The number of aliphatic hydroxyl groups is 1. The molecule has 1 aliphatic carbocycles. The van der Waals surface area contributed by atoms with Gasteiger partial charge < -0.3 is 14.6 Å². The fourth-order valence-electron chi connectivity index (χ4n) is 3.35. The highest BCUT2D eigenvalue weighted by molar-refractivity contribution is 7.33. The van der Waals surface area contributed by atoms with Crippen molar-refractivity contribution >= 4 is 14.2 Å². The molecular formula is C17H24N2O9P+. The molecule has 1 saturated carbocycles. The molecule has 160 valence electrons. The monoisotopic (exact) mass is 431 g/mol. The minimum Gasteiger partial charge on any atom is -0.463 e. The van der Waals surface area contributed by atoms with E-state index < -0.39 is 49.5 Å². The molecule has 1 aromatic rings. The Bertz CT molecular complexity index is 897. The van der Waals surface area contributed by atoms with Crippen LogP contribution in [0.5, 0.6) is 0 Å². The predicted molar refractivity (Wildman–Crippen MR) is 98.2 cm³/mol. The molecule has 2 heterocycles. The molecule has 6 atom stereocenters. The zero-order valence-electron chi connectivity index (χ0n) is 16.3. The van der Waals surface area contributed by atoms with Crippen molar-refractivity contribution in [3.05, 3.63) is 33.1 Å². The van der Waals surface area contributed by atoms with Gasteiger partial charge in [0, 0.05) is 23.2 Å². The van der Waals surface area contributed by atoms with Gasteiger partial charge in [0.05, 0.1) is 11.5 Å². The fourth-order valence-corrected chi connectivity index (χ4v) is 4.22. The lowest BCUT2D eigenvalue weighted by atomic mass is 10.0. The third-order valence-electron chi connectivity index (χ3n) is 5.00. The van der Waals surface area contributed by atoms with Crippen LogP contribution in [0.4, 0.5) is 0 Å². The normalized spacial score (nSPS) is 30.9. The van der Waals surface area contributed by atoms with Crippen molar-refractivity contribution in [3.63, 3.8) is 0 Å². The molecule has 0 amide bonds. The number of ether oxygens (including phenoxy) is 2. The first-order chi connectivity index (χ1) is 13.6. The molecule has 2 fully saturated rings. The second-order valence-corrected chi connectivity index (χ2v) is 8.42. The zero-order valence-corrected chi connectivity index (χ0v) is 17.2. The summed E-state index contributed by atoms with van der Waals surface area (Å²) in [5.74, 6) is -0.357. The molecule has 2 unspecified atom stereocenters. The Hall–Kier alpha value is -1.91. The number of esters is 1. The van der Waals surface area contributed by atoms with Crippen LogP contribution in [0.2, 0.25) is 0 Å². The van der Waals surface area contributed by atoms with E-state index >= 15 is 0 Å². The van der Waals surface area contributed by atoms with Crippen molar-refractivity contribution in [2.45, 2.75) is 64.3 Å². The van der Waals surface area contributed by atoms with Gasteiger partial charge in [-0.25, -0.2) is 4.79 Å². The van der Waals surface area contributed by atoms with Crippen LogP contribution in [-0.2, 0) is 27.9 Å². The number of aromatic nitrogens is 2. The number of nitrogens with zero attached hydrogens (tertiary/aromatic N) is 1. The maximum absolute atomic E-state index is 12.0. The topological polar surface area (TPSA) is 146 Å². The van der Waals surface area contributed by atoms with Gasteiger partial charge in [-0.2, -0.15) is 0 Å². The number of rotatable bonds is 9. The lowest BCUT2D eigenvalue weighted by molar-refractivity contribution is -0.147. The van der Waals surface area contributed by atoms with Crippen LogP contribution in [-0.4, -0.2) is 51.6 Å². The fraction of sp³-hybridized carbons (Fsp3) is 0.706. The molecule has 2 N–H and O–H groups in total. The summed E-state index contributed by atoms with van der Waals surface area (Å²) in [6.07, 6.45) is -1.82. The molecule has 2 aliphatic rings. The molecule has 1 aromatic heterocycles. The van der Waals surface area contributed by atoms with Crippen LogP contribution in [0.15, 0.2) is 21.9 Å². The van der Waals surface area contributed by atoms with Gasteiger partial charge in [-0.05, 0) is 20.3 Å². The van der Waals surface area contributed by atoms with Gasteiger partial charge in [0.2, 0.25) is 0 Å². The summed E-state index contributed by atoms with van der Waals surface area (Å²) in [6.45, 7) is 5.24. The number of hydrogen-bond acceptors (Lipinski definition) is 9. The Kier molecular flexibility index (Phi) is 6.35. The number of carbonyl (C=O) groups excluding carboxylic acids is 1. The standard InChI is InChI=1S/C17H23N2O9P/c1-9(2)26-11(21)5-4-8-25-29(24)28-14-13-17(14,3)12(22)15(27-13)19-7-6-10(20)18-16(19)23/h6-7,9,12-15,22H,4-5,8H2,1-3H3/p+1/t12-,13+,14?,15+,17+/m0/s1. The first kappa shape index (κ1) is 21.8. The van der Waals surface area contributed by atoms with E-state index in [2.05, 4.69) is 4.98 Å². The molecule has 1 aliphatic heterocycles. The summed E-state index contributed by atoms with van der Waals surface area (Å²) >= 11 is 0. The number of fused-ring (bicyclic) bond motifs is 1. The van der Waals surface area contributed by atoms with Crippen molar-refractivity contribution < 1.29 is 33.0 Å². The van der Waals surface area contributed by atoms with Crippen LogP contribution >= 0.6 is 8.25 Å². The van der Waals surface area contributed by atoms with E-state index in [0.717, 1.165) is 10.6 Å². The van der Waals surface area contributed by atoms with E-state index in [-0.39, 0.29) is 25.1 Å². The molecular weight excluding hydrogens is 407 g/mol. The van der Waals surface area contributed by atoms with Gasteiger partial charge in [-0.1, -0.05) is 6.92 Å². The van der Waals surface area contributed by atoms with Crippen LogP contribution in [0.3, 0.4) is 0 Å². The Morgan fingerprint density at radius 2 is 2.17 bits per heavy atom. The Balaban J connectivity index is 1.47. The molecule has 0 radical (unpaired) electrons. The highest BCUT2D eigenvalue weighted by Crippen LogP contribution is 2.63. The molecule has 12 heteroatoms. The number of nitrogens with one attached hydrogen (secondary N) is 1. The van der Waals surface area contributed by atoms with E-state index in [1.807, 2.05) is 0 Å². The Labute approximate surface area is 166 Å². The first-order valence-electron chi connectivity index (χ1n) is 9.26. The highest BCUT2D eigenvalue weighted by Gasteiger charge is 2.78. The summed E-state index contributed by atoms with van der Waals surface area (Å²) < 4.78 is 34.2. The maximum Gasteiger partial charge on any atom is 0.697 e. The third-order valence-corrected chi connectivity index (χ3v) is 5.79. The van der Waals surface area contributed by atoms with E-state index in [1.165, 1.54) is 6.20 Å². The van der Waals surface area contributed by atoms with Crippen LogP contribution in [0, 0.1) is 5.41 Å². The minimum atomic E-state index is -2.47. The van der Waals surface area contributed by atoms with Gasteiger partial charge in [-0.15, -0.1) is 9.05 Å². The molecule has 11 nitrogen and oxygen atoms in total. The van der Waals surface area contributed by atoms with Crippen molar-refractivity contribution in [1.82, 2.24) is 9.55 Å². The summed E-state index contributed by atoms with van der Waals surface area (Å²) in [5.41, 5.74) is -2.12. The van der Waals surface area contributed by atoms with E-state index in [4.69, 9.17) is 18.5 Å². The quantitative estimate of drug-likeness (QED) is 0.326. The van der Waals surface area contributed by atoms with Gasteiger partial charge in [-0.3, -0.25) is 19.1 Å². The Morgan fingerprint density at radius 1 is 1.45 bits per heavy atom. The second kappa shape index (κ2) is 8.45. The van der Waals surface area contributed by atoms with Gasteiger partial charge in [0.15, 0.2) is 12.3 Å². The number of aromatic amines is 1. The molecule has 0 aromatic carbocycles. The minimum absolute atomic E-state index is 0.0509. The Morgan fingerprint density at radius 3 is 2.76 bits per heavy atom. The average Bonchev–Trinajstić information content (AvgIpc) is 3.08. The van der Waals surface area contributed by atoms with E-state index in [1.54, 1.807) is 20.8 Å². The number of carbonyl (C=O) groups is 1. The molecule has 29 heavy (non-hydrogen) atoms. The predicted octanol–water partition coefficient (Wildman–Crippen LogP) is 0.606. The maximum atomic E-state index is 12.0. The van der Waals surface area contributed by atoms with Crippen LogP contribution < -0.4 is 11.2 Å². The smallest absolute Gasteiger partial charge is 0.463 e. The summed E-state index contributed by atoms with van der Waals surface area (Å²) in [4.78, 5) is 36.6. The van der Waals surface area contributed by atoms with Crippen molar-refractivity contribution in [3.8, 4) is 0 Å². The highest BCUT2D eigenvalue weighted by atomic mass is 31.1. The summed E-state index contributed by atoms with van der Waals surface area (Å²) in [6, 6.07) is 1.15. The largest absolute Gasteiger partial charge is 0.697 e. The van der Waals surface area contributed by atoms with Gasteiger partial charge >= 0.3 is 19.9 Å². The second-order valence-electron chi connectivity index (χ2n) is 7.50. The summed E-state index contributed by atoms with van der Waals surface area (Å²) in [7, 11) is -2.47. The van der Waals surface area contributed by atoms with Crippen LogP contribution in [0.25, 0.3) is 0 Å².